The third-order valence-corrected chi connectivity index (χ3v) is 6.37. The lowest BCUT2D eigenvalue weighted by molar-refractivity contribution is -0.0620. The normalized spacial score (nSPS) is 20.2. The number of phenols is 2. The topological polar surface area (TPSA) is 58.9 Å². The Balaban J connectivity index is 1.80. The first-order chi connectivity index (χ1) is 12.5. The van der Waals surface area contributed by atoms with Gasteiger partial charge in [-0.3, -0.25) is 0 Å². The Bertz CT molecular complexity index is 738. The van der Waals surface area contributed by atoms with E-state index in [0.29, 0.717) is 37.6 Å². The van der Waals surface area contributed by atoms with Crippen LogP contribution in [0.25, 0.3) is 11.1 Å². The van der Waals surface area contributed by atoms with E-state index in [4.69, 9.17) is 9.47 Å². The molecule has 0 unspecified atom stereocenters. The molecule has 0 atom stereocenters. The van der Waals surface area contributed by atoms with Gasteiger partial charge in [-0.2, -0.15) is 0 Å². The van der Waals surface area contributed by atoms with E-state index in [0.717, 1.165) is 24.0 Å². The van der Waals surface area contributed by atoms with Gasteiger partial charge in [0.1, 0.15) is 11.5 Å². The number of hydrogen-bond donors (Lipinski definition) is 2. The largest absolute Gasteiger partial charge is 0.507 e. The molecule has 2 heterocycles. The maximum Gasteiger partial charge on any atom is 0.123 e. The predicted octanol–water partition coefficient (Wildman–Crippen LogP) is 4.12. The first kappa shape index (κ1) is 17.4. The van der Waals surface area contributed by atoms with E-state index in [1.165, 1.54) is 0 Å². The SMILES string of the molecule is CCC1(c2ccc(O)c(-c3cc(C4(CC)COC4)ccc3O)c2)COC1. The van der Waals surface area contributed by atoms with Crippen molar-refractivity contribution in [3.8, 4) is 22.6 Å². The van der Waals surface area contributed by atoms with Gasteiger partial charge < -0.3 is 19.7 Å². The zero-order valence-corrected chi connectivity index (χ0v) is 15.4. The highest BCUT2D eigenvalue weighted by Crippen LogP contribution is 2.44. The Kier molecular flexibility index (Phi) is 4.20. The van der Waals surface area contributed by atoms with Crippen molar-refractivity contribution in [2.24, 2.45) is 0 Å². The van der Waals surface area contributed by atoms with Crippen molar-refractivity contribution >= 4 is 0 Å². The highest BCUT2D eigenvalue weighted by Gasteiger charge is 2.40. The van der Waals surface area contributed by atoms with E-state index < -0.39 is 0 Å². The van der Waals surface area contributed by atoms with Gasteiger partial charge in [0, 0.05) is 22.0 Å². The maximum atomic E-state index is 10.5. The first-order valence-electron chi connectivity index (χ1n) is 9.36. The van der Waals surface area contributed by atoms with Crippen molar-refractivity contribution in [2.75, 3.05) is 26.4 Å². The summed E-state index contributed by atoms with van der Waals surface area (Å²) in [5, 5.41) is 21.0. The molecular formula is C22H26O4. The van der Waals surface area contributed by atoms with E-state index in [1.54, 1.807) is 12.1 Å². The molecule has 0 aromatic heterocycles. The second kappa shape index (κ2) is 6.29. The van der Waals surface area contributed by atoms with Gasteiger partial charge in [0.15, 0.2) is 0 Å². The molecule has 2 aromatic rings. The summed E-state index contributed by atoms with van der Waals surface area (Å²) in [7, 11) is 0. The van der Waals surface area contributed by atoms with Crippen LogP contribution in [0.4, 0.5) is 0 Å². The zero-order chi connectivity index (χ0) is 18.4. The molecule has 0 saturated carbocycles. The minimum atomic E-state index is 0.0160. The third kappa shape index (κ3) is 2.51. The van der Waals surface area contributed by atoms with Gasteiger partial charge in [-0.25, -0.2) is 0 Å². The first-order valence-corrected chi connectivity index (χ1v) is 9.36. The fourth-order valence-corrected chi connectivity index (χ4v) is 4.01. The molecule has 0 bridgehead atoms. The highest BCUT2D eigenvalue weighted by molar-refractivity contribution is 5.77. The second-order valence-electron chi connectivity index (χ2n) is 7.72. The zero-order valence-electron chi connectivity index (χ0n) is 15.4. The summed E-state index contributed by atoms with van der Waals surface area (Å²) < 4.78 is 10.9. The van der Waals surface area contributed by atoms with E-state index >= 15 is 0 Å². The van der Waals surface area contributed by atoms with Gasteiger partial charge in [-0.15, -0.1) is 0 Å². The number of phenolic OH excluding ortho intramolecular Hbond substituents is 2. The summed E-state index contributed by atoms with van der Waals surface area (Å²) in [6, 6.07) is 11.4. The van der Waals surface area contributed by atoms with E-state index in [-0.39, 0.29) is 22.3 Å². The molecule has 2 saturated heterocycles. The van der Waals surface area contributed by atoms with Crippen LogP contribution in [0.15, 0.2) is 36.4 Å². The van der Waals surface area contributed by atoms with Crippen molar-refractivity contribution in [3.05, 3.63) is 47.5 Å². The van der Waals surface area contributed by atoms with Crippen molar-refractivity contribution in [2.45, 2.75) is 37.5 Å². The molecule has 2 aliphatic heterocycles. The van der Waals surface area contributed by atoms with Gasteiger partial charge in [0.2, 0.25) is 0 Å². The summed E-state index contributed by atoms with van der Waals surface area (Å²) in [5.41, 5.74) is 3.69. The number of aromatic hydroxyl groups is 2. The van der Waals surface area contributed by atoms with E-state index in [2.05, 4.69) is 13.8 Å². The average Bonchev–Trinajstić information content (AvgIpc) is 2.57. The minimum Gasteiger partial charge on any atom is -0.507 e. The summed E-state index contributed by atoms with van der Waals surface area (Å²) in [6.45, 7) is 7.14. The fraction of sp³-hybridized carbons (Fsp3) is 0.455. The van der Waals surface area contributed by atoms with Crippen LogP contribution < -0.4 is 0 Å². The van der Waals surface area contributed by atoms with Crippen molar-refractivity contribution in [1.29, 1.82) is 0 Å². The molecule has 4 nitrogen and oxygen atoms in total. The van der Waals surface area contributed by atoms with Crippen LogP contribution in [0.5, 0.6) is 11.5 Å². The molecule has 4 rings (SSSR count). The smallest absolute Gasteiger partial charge is 0.123 e. The molecule has 0 spiro atoms. The van der Waals surface area contributed by atoms with Crippen molar-refractivity contribution < 1.29 is 19.7 Å². The Morgan fingerprint density at radius 2 is 1.12 bits per heavy atom. The predicted molar refractivity (Wildman–Crippen MR) is 101 cm³/mol. The number of rotatable bonds is 5. The maximum absolute atomic E-state index is 10.5. The monoisotopic (exact) mass is 354 g/mol. The lowest BCUT2D eigenvalue weighted by Gasteiger charge is -2.42. The van der Waals surface area contributed by atoms with Gasteiger partial charge in [0.25, 0.3) is 0 Å². The molecule has 2 fully saturated rings. The molecule has 2 N–H and O–H groups in total. The van der Waals surface area contributed by atoms with Crippen LogP contribution in [0, 0.1) is 0 Å². The number of benzene rings is 2. The summed E-state index contributed by atoms with van der Waals surface area (Å²) >= 11 is 0. The van der Waals surface area contributed by atoms with Crippen molar-refractivity contribution in [1.82, 2.24) is 0 Å². The standard InChI is InChI=1S/C22H26O4/c1-3-21(11-25-12-21)15-5-7-19(23)17(9-15)18-10-16(6-8-20(18)24)22(4-2)13-26-14-22/h5-10,23-24H,3-4,11-14H2,1-2H3. The molecule has 0 aliphatic carbocycles. The van der Waals surface area contributed by atoms with Gasteiger partial charge in [-0.1, -0.05) is 26.0 Å². The second-order valence-corrected chi connectivity index (χ2v) is 7.72. The van der Waals surface area contributed by atoms with Gasteiger partial charge >= 0.3 is 0 Å². The highest BCUT2D eigenvalue weighted by atomic mass is 16.5. The Morgan fingerprint density at radius 1 is 0.731 bits per heavy atom. The third-order valence-electron chi connectivity index (χ3n) is 6.37. The lowest BCUT2D eigenvalue weighted by atomic mass is 9.74. The molecule has 2 aliphatic rings. The van der Waals surface area contributed by atoms with E-state index in [9.17, 15) is 10.2 Å². The molecule has 26 heavy (non-hydrogen) atoms. The lowest BCUT2D eigenvalue weighted by Crippen LogP contribution is -2.46. The molecule has 0 amide bonds. The summed E-state index contributed by atoms with van der Waals surface area (Å²) in [6.07, 6.45) is 1.97. The van der Waals surface area contributed by atoms with Gasteiger partial charge in [0.05, 0.1) is 26.4 Å². The van der Waals surface area contributed by atoms with E-state index in [1.807, 2.05) is 24.3 Å². The van der Waals surface area contributed by atoms with Crippen LogP contribution in [-0.4, -0.2) is 36.6 Å². The minimum absolute atomic E-state index is 0.0160. The van der Waals surface area contributed by atoms with Crippen LogP contribution in [0.2, 0.25) is 0 Å². The number of hydrogen-bond acceptors (Lipinski definition) is 4. The Labute approximate surface area is 154 Å². The van der Waals surface area contributed by atoms with Crippen molar-refractivity contribution in [3.63, 3.8) is 0 Å². The summed E-state index contributed by atoms with van der Waals surface area (Å²) in [5.74, 6) is 0.367. The van der Waals surface area contributed by atoms with Gasteiger partial charge in [-0.05, 0) is 48.2 Å². The molecule has 138 valence electrons. The Morgan fingerprint density at radius 3 is 1.38 bits per heavy atom. The molecule has 2 aromatic carbocycles. The van der Waals surface area contributed by atoms with Crippen LogP contribution in [-0.2, 0) is 20.3 Å². The quantitative estimate of drug-likeness (QED) is 0.848. The fourth-order valence-electron chi connectivity index (χ4n) is 4.01. The average molecular weight is 354 g/mol. The van der Waals surface area contributed by atoms with Crippen LogP contribution in [0.3, 0.4) is 0 Å². The molecular weight excluding hydrogens is 328 g/mol. The summed E-state index contributed by atoms with van der Waals surface area (Å²) in [4.78, 5) is 0. The molecule has 0 radical (unpaired) electrons. The van der Waals surface area contributed by atoms with Crippen LogP contribution in [0.1, 0.15) is 37.8 Å². The number of ether oxygens (including phenoxy) is 2. The molecule has 4 heteroatoms. The van der Waals surface area contributed by atoms with Crippen LogP contribution >= 0.6 is 0 Å². The Hall–Kier alpha value is -2.04.